The molecule has 214 valence electrons. The Labute approximate surface area is 236 Å². The Kier molecular flexibility index (Phi) is 6.91. The molecule has 41 heavy (non-hydrogen) atoms. The third kappa shape index (κ3) is 3.87. The molecule has 3 aliphatic heterocycles. The number of amides is 1. The molecule has 2 aliphatic carbocycles. The molecule has 0 aromatic carbocycles. The normalized spacial score (nSPS) is 30.1. The van der Waals surface area contributed by atoms with Gasteiger partial charge < -0.3 is 14.8 Å². The molecule has 3 heterocycles. The van der Waals surface area contributed by atoms with E-state index in [4.69, 9.17) is 9.47 Å². The highest BCUT2D eigenvalue weighted by Crippen LogP contribution is 2.48. The molecule has 1 fully saturated rings. The van der Waals surface area contributed by atoms with Crippen molar-refractivity contribution >= 4 is 34.8 Å². The Morgan fingerprint density at radius 2 is 1.41 bits per heavy atom. The number of fused-ring (bicyclic) bond motifs is 5. The van der Waals surface area contributed by atoms with Gasteiger partial charge in [0, 0.05) is 59.0 Å². The van der Waals surface area contributed by atoms with Crippen LogP contribution in [0.1, 0.15) is 33.6 Å². The number of hydrogen-bond acceptors (Lipinski definition) is 11. The van der Waals surface area contributed by atoms with Crippen LogP contribution in [0.25, 0.3) is 0 Å². The molecule has 0 radical (unpaired) electrons. The predicted octanol–water partition coefficient (Wildman–Crippen LogP) is -0.149. The van der Waals surface area contributed by atoms with E-state index in [1.807, 2.05) is 4.90 Å². The van der Waals surface area contributed by atoms with Gasteiger partial charge in [-0.1, -0.05) is 0 Å². The molecule has 0 unspecified atom stereocenters. The van der Waals surface area contributed by atoms with Crippen molar-refractivity contribution < 1.29 is 38.2 Å². The fourth-order valence-electron chi connectivity index (χ4n) is 7.13. The molecule has 0 aromatic heterocycles. The van der Waals surface area contributed by atoms with Crippen LogP contribution in [0.15, 0.2) is 45.0 Å². The average molecular weight is 563 g/mol. The highest BCUT2D eigenvalue weighted by Gasteiger charge is 2.59. The molecule has 1 amide bonds. The summed E-state index contributed by atoms with van der Waals surface area (Å²) in [6.07, 6.45) is 0.116. The number of ketones is 5. The van der Waals surface area contributed by atoms with Crippen molar-refractivity contribution in [2.75, 3.05) is 27.8 Å². The maximum absolute atomic E-state index is 13.8. The van der Waals surface area contributed by atoms with Crippen molar-refractivity contribution in [3.05, 3.63) is 45.0 Å². The van der Waals surface area contributed by atoms with Gasteiger partial charge in [-0.2, -0.15) is 5.26 Å². The molecule has 0 aromatic rings. The van der Waals surface area contributed by atoms with E-state index >= 15 is 0 Å². The minimum atomic E-state index is -0.985. The van der Waals surface area contributed by atoms with Crippen LogP contribution in [0.5, 0.6) is 0 Å². The van der Waals surface area contributed by atoms with E-state index < -0.39 is 59.2 Å². The Balaban J connectivity index is 1.71. The Bertz CT molecular complexity index is 1520. The summed E-state index contributed by atoms with van der Waals surface area (Å²) >= 11 is 0. The third-order valence-corrected chi connectivity index (χ3v) is 8.99. The molecule has 0 spiro atoms. The van der Waals surface area contributed by atoms with Crippen molar-refractivity contribution in [1.82, 2.24) is 15.1 Å². The summed E-state index contributed by atoms with van der Waals surface area (Å²) in [5.74, 6) is -3.51. The molecule has 1 saturated heterocycles. The lowest BCUT2D eigenvalue weighted by Gasteiger charge is -2.60. The first-order valence-corrected chi connectivity index (χ1v) is 13.2. The zero-order valence-electron chi connectivity index (χ0n) is 23.6. The fourth-order valence-corrected chi connectivity index (χ4v) is 7.13. The van der Waals surface area contributed by atoms with Gasteiger partial charge in [-0.25, -0.2) is 0 Å². The number of carbonyl (C=O) groups is 6. The summed E-state index contributed by atoms with van der Waals surface area (Å²) in [5, 5.41) is 13.0. The summed E-state index contributed by atoms with van der Waals surface area (Å²) in [7, 11) is 4.38. The molecule has 5 rings (SSSR count). The summed E-state index contributed by atoms with van der Waals surface area (Å²) in [5.41, 5.74) is 1.19. The smallest absolute Gasteiger partial charge is 0.287 e. The zero-order valence-corrected chi connectivity index (χ0v) is 23.6. The molecule has 5 aliphatic rings. The van der Waals surface area contributed by atoms with Crippen molar-refractivity contribution in [2.45, 2.75) is 63.8 Å². The van der Waals surface area contributed by atoms with Gasteiger partial charge in [0.2, 0.25) is 17.3 Å². The highest BCUT2D eigenvalue weighted by molar-refractivity contribution is 6.35. The lowest BCUT2D eigenvalue weighted by molar-refractivity contribution is -0.137. The number of Topliss-reactive ketones (excluding diaryl/α,β-unsaturated/α-hetero) is 5. The lowest BCUT2D eigenvalue weighted by Crippen LogP contribution is -2.74. The Morgan fingerprint density at radius 1 is 0.902 bits per heavy atom. The van der Waals surface area contributed by atoms with Gasteiger partial charge in [-0.3, -0.25) is 38.6 Å². The topological polar surface area (TPSA) is 163 Å². The lowest BCUT2D eigenvalue weighted by atomic mass is 9.67. The number of nitriles is 1. The van der Waals surface area contributed by atoms with E-state index in [1.165, 1.54) is 28.1 Å². The summed E-state index contributed by atoms with van der Waals surface area (Å²) in [6.45, 7) is 3.89. The van der Waals surface area contributed by atoms with Gasteiger partial charge in [0.25, 0.3) is 5.91 Å². The molecule has 12 heteroatoms. The minimum absolute atomic E-state index is 0.00850. The zero-order chi connectivity index (χ0) is 30.1. The van der Waals surface area contributed by atoms with Gasteiger partial charge in [0.05, 0.1) is 32.4 Å². The second kappa shape index (κ2) is 10.0. The van der Waals surface area contributed by atoms with Crippen LogP contribution < -0.4 is 5.32 Å². The SMILES string of the molecule is COC1=C(C)C(=O)C2=C(C1=O)[C@@H](CNC(=O)C(C)=O)N1[C@H](C#N)[C@H]3CC4=C(C(=O)C(OC)=C(C)C4=O)[C@@H]([C@H]1C2)N3C. The van der Waals surface area contributed by atoms with Gasteiger partial charge in [0.15, 0.2) is 23.1 Å². The van der Waals surface area contributed by atoms with E-state index in [9.17, 15) is 34.0 Å². The number of nitrogens with zero attached hydrogens (tertiary/aromatic N) is 3. The van der Waals surface area contributed by atoms with Crippen LogP contribution in [0.2, 0.25) is 0 Å². The van der Waals surface area contributed by atoms with E-state index in [2.05, 4.69) is 11.4 Å². The maximum atomic E-state index is 13.8. The number of ether oxygens (including phenoxy) is 2. The van der Waals surface area contributed by atoms with Crippen molar-refractivity contribution in [2.24, 2.45) is 0 Å². The Hall–Kier alpha value is -4.21. The first-order chi connectivity index (χ1) is 19.4. The second-order valence-corrected chi connectivity index (χ2v) is 10.9. The Morgan fingerprint density at radius 3 is 1.93 bits per heavy atom. The third-order valence-electron chi connectivity index (χ3n) is 8.99. The van der Waals surface area contributed by atoms with Crippen LogP contribution in [0.3, 0.4) is 0 Å². The molecular formula is C29H30N4O8. The number of rotatable bonds is 5. The fraction of sp³-hybridized carbons (Fsp3) is 0.483. The van der Waals surface area contributed by atoms with Crippen molar-refractivity contribution in [3.63, 3.8) is 0 Å². The van der Waals surface area contributed by atoms with Gasteiger partial charge in [-0.15, -0.1) is 0 Å². The van der Waals surface area contributed by atoms with E-state index in [0.717, 1.165) is 6.92 Å². The largest absolute Gasteiger partial charge is 0.492 e. The molecule has 0 saturated carbocycles. The number of hydrogen-bond donors (Lipinski definition) is 1. The van der Waals surface area contributed by atoms with Gasteiger partial charge in [0.1, 0.15) is 6.04 Å². The monoisotopic (exact) mass is 562 g/mol. The summed E-state index contributed by atoms with van der Waals surface area (Å²) in [6, 6.07) is -1.52. The van der Waals surface area contributed by atoms with Crippen molar-refractivity contribution in [3.8, 4) is 6.07 Å². The highest BCUT2D eigenvalue weighted by atomic mass is 16.5. The van der Waals surface area contributed by atoms with Crippen LogP contribution in [-0.2, 0) is 38.2 Å². The molecular weight excluding hydrogens is 532 g/mol. The summed E-state index contributed by atoms with van der Waals surface area (Å²) in [4.78, 5) is 82.3. The molecule has 2 bridgehead atoms. The number of methoxy groups -OCH3 is 2. The maximum Gasteiger partial charge on any atom is 0.287 e. The number of allylic oxidation sites excluding steroid dienone is 4. The molecule has 12 nitrogen and oxygen atoms in total. The van der Waals surface area contributed by atoms with Crippen LogP contribution >= 0.6 is 0 Å². The number of carbonyl (C=O) groups excluding carboxylic acids is 6. The van der Waals surface area contributed by atoms with Gasteiger partial charge >= 0.3 is 0 Å². The molecule has 5 atom stereocenters. The molecule has 1 N–H and O–H groups in total. The van der Waals surface area contributed by atoms with Crippen LogP contribution in [0.4, 0.5) is 0 Å². The van der Waals surface area contributed by atoms with E-state index in [0.29, 0.717) is 5.57 Å². The quantitative estimate of drug-likeness (QED) is 0.350. The minimum Gasteiger partial charge on any atom is -0.492 e. The van der Waals surface area contributed by atoms with Crippen molar-refractivity contribution in [1.29, 1.82) is 5.26 Å². The number of likely N-dealkylation sites (N-methyl/N-ethyl adjacent to an activating group) is 1. The first-order valence-electron chi connectivity index (χ1n) is 13.2. The van der Waals surface area contributed by atoms with E-state index in [-0.39, 0.29) is 64.6 Å². The number of nitrogens with one attached hydrogen (secondary N) is 1. The first kappa shape index (κ1) is 28.3. The average Bonchev–Trinajstić information content (AvgIpc) is 2.93. The standard InChI is InChI=1S/C29H30N4O8/c1-11-23(35)14-8-17-22-21-15(24(36)12(2)28(41-6)26(21)38)7-16(32(22)4)18(9-30)33(17)19(10-31-29(39)13(3)34)20(14)25(37)27(11)40-5/h16-19,22H,7-8,10H2,1-6H3,(H,31,39)/t16-,17-,18-,19-,22-/m1/s1. The van der Waals surface area contributed by atoms with Crippen LogP contribution in [-0.4, -0.2) is 103 Å². The summed E-state index contributed by atoms with van der Waals surface area (Å²) < 4.78 is 10.6. The van der Waals surface area contributed by atoms with Gasteiger partial charge in [-0.05, 0) is 33.7 Å². The predicted molar refractivity (Wildman–Crippen MR) is 141 cm³/mol. The number of piperazine rings is 1. The second-order valence-electron chi connectivity index (χ2n) is 10.9. The van der Waals surface area contributed by atoms with E-state index in [1.54, 1.807) is 11.9 Å². The van der Waals surface area contributed by atoms with Crippen LogP contribution in [0, 0.1) is 11.3 Å².